The van der Waals surface area contributed by atoms with Crippen molar-refractivity contribution in [2.45, 2.75) is 11.8 Å². The molecule has 0 unspecified atom stereocenters. The number of benzene rings is 1. The van der Waals surface area contributed by atoms with E-state index in [1.807, 2.05) is 19.1 Å². The molecule has 0 saturated carbocycles. The molecule has 6 nitrogen and oxygen atoms in total. The van der Waals surface area contributed by atoms with Crippen molar-refractivity contribution in [2.75, 3.05) is 11.3 Å². The Morgan fingerprint density at radius 2 is 2.19 bits per heavy atom. The molecule has 2 aromatic rings. The van der Waals surface area contributed by atoms with Gasteiger partial charge in [-0.25, -0.2) is 8.42 Å². The highest BCUT2D eigenvalue weighted by atomic mass is 32.2. The second kappa shape index (κ2) is 5.99. The fraction of sp³-hybridized carbons (Fsp3) is 0.214. The molecule has 0 fully saturated rings. The van der Waals surface area contributed by atoms with Crippen LogP contribution < -0.4 is 10.5 Å². The van der Waals surface area contributed by atoms with E-state index in [-0.39, 0.29) is 11.4 Å². The highest BCUT2D eigenvalue weighted by Gasteiger charge is 2.17. The van der Waals surface area contributed by atoms with E-state index in [2.05, 4.69) is 21.7 Å². The van der Waals surface area contributed by atoms with Gasteiger partial charge in [-0.1, -0.05) is 17.9 Å². The maximum atomic E-state index is 12.3. The molecule has 0 spiro atoms. The van der Waals surface area contributed by atoms with E-state index in [4.69, 9.17) is 5.73 Å². The number of sulfonamides is 1. The lowest BCUT2D eigenvalue weighted by molar-refractivity contribution is 0.601. The van der Waals surface area contributed by atoms with Gasteiger partial charge in [0.05, 0.1) is 18.4 Å². The molecule has 110 valence electrons. The number of hydrogen-bond donors (Lipinski definition) is 2. The van der Waals surface area contributed by atoms with Crippen LogP contribution in [0.3, 0.4) is 0 Å². The minimum atomic E-state index is -3.66. The first-order valence-corrected chi connectivity index (χ1v) is 7.72. The van der Waals surface area contributed by atoms with Gasteiger partial charge >= 0.3 is 0 Å². The number of nitrogens with one attached hydrogen (secondary N) is 1. The van der Waals surface area contributed by atoms with E-state index < -0.39 is 10.0 Å². The molecule has 1 aromatic carbocycles. The molecule has 21 heavy (non-hydrogen) atoms. The normalized spacial score (nSPS) is 10.8. The van der Waals surface area contributed by atoms with Gasteiger partial charge in [0, 0.05) is 18.8 Å². The van der Waals surface area contributed by atoms with Crippen LogP contribution in [0, 0.1) is 18.8 Å². The molecule has 0 saturated heterocycles. The van der Waals surface area contributed by atoms with Crippen molar-refractivity contribution in [3.8, 4) is 11.8 Å². The summed E-state index contributed by atoms with van der Waals surface area (Å²) in [5.41, 5.74) is 7.33. The van der Waals surface area contributed by atoms with Gasteiger partial charge in [-0.05, 0) is 24.6 Å². The lowest BCUT2D eigenvalue weighted by Crippen LogP contribution is -2.13. The number of aromatic nitrogens is 2. The van der Waals surface area contributed by atoms with Gasteiger partial charge in [0.25, 0.3) is 10.0 Å². The summed E-state index contributed by atoms with van der Waals surface area (Å²) >= 11 is 0. The predicted molar refractivity (Wildman–Crippen MR) is 81.1 cm³/mol. The molecular weight excluding hydrogens is 288 g/mol. The second-order valence-electron chi connectivity index (χ2n) is 4.49. The van der Waals surface area contributed by atoms with Crippen molar-refractivity contribution >= 4 is 15.7 Å². The zero-order valence-corrected chi connectivity index (χ0v) is 12.6. The molecule has 0 aliphatic heterocycles. The van der Waals surface area contributed by atoms with Crippen LogP contribution in [0.2, 0.25) is 0 Å². The maximum absolute atomic E-state index is 12.3. The molecular formula is C14H16N4O2S. The first kappa shape index (κ1) is 15.1. The Kier molecular flexibility index (Phi) is 4.31. The standard InChI is InChI=1S/C14H16N4O2S/c1-11-5-6-12(4-3-7-15)8-14(11)17-21(19,20)13-9-16-18(2)10-13/h5-6,8-10,17H,7,15H2,1-2H3. The van der Waals surface area contributed by atoms with Crippen LogP contribution in [-0.4, -0.2) is 24.7 Å². The third-order valence-corrected chi connectivity index (χ3v) is 4.13. The maximum Gasteiger partial charge on any atom is 0.265 e. The highest BCUT2D eigenvalue weighted by molar-refractivity contribution is 7.92. The van der Waals surface area contributed by atoms with E-state index in [1.54, 1.807) is 13.1 Å². The summed E-state index contributed by atoms with van der Waals surface area (Å²) in [7, 11) is -2.00. The van der Waals surface area contributed by atoms with Gasteiger partial charge in [-0.15, -0.1) is 0 Å². The first-order chi connectivity index (χ1) is 9.92. The van der Waals surface area contributed by atoms with Crippen molar-refractivity contribution in [2.24, 2.45) is 12.8 Å². The molecule has 0 atom stereocenters. The molecule has 0 aliphatic rings. The second-order valence-corrected chi connectivity index (χ2v) is 6.17. The van der Waals surface area contributed by atoms with Gasteiger partial charge in [0.2, 0.25) is 0 Å². The Labute approximate surface area is 124 Å². The van der Waals surface area contributed by atoms with Gasteiger partial charge in [-0.3, -0.25) is 9.40 Å². The van der Waals surface area contributed by atoms with Crippen molar-refractivity contribution < 1.29 is 8.42 Å². The summed E-state index contributed by atoms with van der Waals surface area (Å²) in [4.78, 5) is 0.114. The van der Waals surface area contributed by atoms with Gasteiger partial charge in [0.15, 0.2) is 0 Å². The number of anilines is 1. The molecule has 3 N–H and O–H groups in total. The van der Waals surface area contributed by atoms with Crippen molar-refractivity contribution in [1.29, 1.82) is 0 Å². The summed E-state index contributed by atoms with van der Waals surface area (Å²) in [5.74, 6) is 5.61. The molecule has 0 radical (unpaired) electrons. The number of aryl methyl sites for hydroxylation is 2. The minimum Gasteiger partial charge on any atom is -0.320 e. The summed E-state index contributed by atoms with van der Waals surface area (Å²) in [6, 6.07) is 5.31. The SMILES string of the molecule is Cc1ccc(C#CCN)cc1NS(=O)(=O)c1cnn(C)c1. The largest absolute Gasteiger partial charge is 0.320 e. The zero-order chi connectivity index (χ0) is 15.5. The van der Waals surface area contributed by atoms with Gasteiger partial charge < -0.3 is 5.73 Å². The summed E-state index contributed by atoms with van der Waals surface area (Å²) in [5, 5.41) is 3.87. The van der Waals surface area contributed by atoms with Crippen LogP contribution >= 0.6 is 0 Å². The van der Waals surface area contributed by atoms with Crippen molar-refractivity contribution in [3.63, 3.8) is 0 Å². The number of nitrogens with two attached hydrogens (primary N) is 1. The molecule has 0 amide bonds. The molecule has 2 rings (SSSR count). The summed E-state index contributed by atoms with van der Waals surface area (Å²) in [6.45, 7) is 2.08. The fourth-order valence-corrected chi connectivity index (χ4v) is 2.81. The average molecular weight is 304 g/mol. The van der Waals surface area contributed by atoms with Gasteiger partial charge in [0.1, 0.15) is 4.90 Å². The Balaban J connectivity index is 2.34. The first-order valence-electron chi connectivity index (χ1n) is 6.23. The third-order valence-electron chi connectivity index (χ3n) is 2.81. The highest BCUT2D eigenvalue weighted by Crippen LogP contribution is 2.20. The van der Waals surface area contributed by atoms with E-state index in [1.165, 1.54) is 17.1 Å². The third kappa shape index (κ3) is 3.62. The number of nitrogens with zero attached hydrogens (tertiary/aromatic N) is 2. The van der Waals surface area contributed by atoms with Gasteiger partial charge in [-0.2, -0.15) is 5.10 Å². The Morgan fingerprint density at radius 3 is 2.81 bits per heavy atom. The van der Waals surface area contributed by atoms with Crippen LogP contribution in [-0.2, 0) is 17.1 Å². The molecule has 1 heterocycles. The van der Waals surface area contributed by atoms with Crippen LogP contribution in [0.1, 0.15) is 11.1 Å². The molecule has 0 bridgehead atoms. The van der Waals surface area contributed by atoms with Crippen LogP contribution in [0.25, 0.3) is 0 Å². The number of hydrogen-bond acceptors (Lipinski definition) is 4. The Morgan fingerprint density at radius 1 is 1.43 bits per heavy atom. The molecule has 1 aromatic heterocycles. The summed E-state index contributed by atoms with van der Waals surface area (Å²) in [6.07, 6.45) is 2.74. The van der Waals surface area contributed by atoms with Crippen LogP contribution in [0.4, 0.5) is 5.69 Å². The lowest BCUT2D eigenvalue weighted by Gasteiger charge is -2.09. The van der Waals surface area contributed by atoms with Crippen molar-refractivity contribution in [3.05, 3.63) is 41.7 Å². The molecule has 0 aliphatic carbocycles. The Bertz CT molecular complexity index is 813. The van der Waals surface area contributed by atoms with E-state index in [9.17, 15) is 8.42 Å². The van der Waals surface area contributed by atoms with Crippen LogP contribution in [0.5, 0.6) is 0 Å². The monoisotopic (exact) mass is 304 g/mol. The van der Waals surface area contributed by atoms with Crippen molar-refractivity contribution in [1.82, 2.24) is 9.78 Å². The van der Waals surface area contributed by atoms with E-state index in [0.29, 0.717) is 11.3 Å². The van der Waals surface area contributed by atoms with E-state index >= 15 is 0 Å². The van der Waals surface area contributed by atoms with Crippen LogP contribution in [0.15, 0.2) is 35.5 Å². The minimum absolute atomic E-state index is 0.114. The Hall–Kier alpha value is -2.30. The smallest absolute Gasteiger partial charge is 0.265 e. The topological polar surface area (TPSA) is 90.0 Å². The number of rotatable bonds is 3. The quantitative estimate of drug-likeness (QED) is 0.822. The lowest BCUT2D eigenvalue weighted by atomic mass is 10.1. The zero-order valence-electron chi connectivity index (χ0n) is 11.8. The average Bonchev–Trinajstić information content (AvgIpc) is 2.87. The fourth-order valence-electron chi connectivity index (χ4n) is 1.70. The molecule has 7 heteroatoms. The summed E-state index contributed by atoms with van der Waals surface area (Å²) < 4.78 is 28.5. The van der Waals surface area contributed by atoms with E-state index in [0.717, 1.165) is 5.56 Å². The predicted octanol–water partition coefficient (Wildman–Crippen LogP) is 0.840.